The van der Waals surface area contributed by atoms with Crippen molar-refractivity contribution >= 4 is 11.6 Å². The maximum absolute atomic E-state index is 13.4. The van der Waals surface area contributed by atoms with Crippen molar-refractivity contribution in [3.8, 4) is 0 Å². The second-order valence-electron chi connectivity index (χ2n) is 8.85. The Kier molecular flexibility index (Phi) is 6.79. The molecule has 0 aromatic heterocycles. The van der Waals surface area contributed by atoms with Gasteiger partial charge in [-0.2, -0.15) is 0 Å². The Morgan fingerprint density at radius 3 is 2.18 bits per heavy atom. The molecule has 0 atom stereocenters. The fraction of sp³-hybridized carbons (Fsp3) is 0.696. The van der Waals surface area contributed by atoms with E-state index in [9.17, 15) is 4.79 Å². The number of para-hydroxylation sites is 1. The Morgan fingerprint density at radius 1 is 1.11 bits per heavy atom. The smallest absolute Gasteiger partial charge is 0.244 e. The number of anilines is 1. The average molecular weight is 387 g/mol. The molecule has 28 heavy (non-hydrogen) atoms. The van der Waals surface area contributed by atoms with Gasteiger partial charge in [-0.05, 0) is 84.4 Å². The summed E-state index contributed by atoms with van der Waals surface area (Å²) in [7, 11) is 4.11. The fourth-order valence-electron chi connectivity index (χ4n) is 4.98. The number of likely N-dealkylation sites (N-methyl/N-ethyl adjacent to an activating group) is 1. The summed E-state index contributed by atoms with van der Waals surface area (Å²) in [5.41, 5.74) is 2.81. The van der Waals surface area contributed by atoms with Gasteiger partial charge in [0.25, 0.3) is 0 Å². The molecule has 0 aliphatic carbocycles. The summed E-state index contributed by atoms with van der Waals surface area (Å²) in [5, 5.41) is 3.27. The zero-order valence-electron chi connectivity index (χ0n) is 18.4. The van der Waals surface area contributed by atoms with Crippen LogP contribution in [0.2, 0.25) is 0 Å². The molecular formula is C23H38N4O. The number of carbonyl (C=O) groups is 1. The third-order valence-electron chi connectivity index (χ3n) is 7.14. The zero-order chi connectivity index (χ0) is 20.3. The van der Waals surface area contributed by atoms with Gasteiger partial charge in [0.2, 0.25) is 5.91 Å². The number of amides is 1. The number of nitrogens with zero attached hydrogens (tertiary/aromatic N) is 3. The lowest BCUT2D eigenvalue weighted by Crippen LogP contribution is -2.61. The van der Waals surface area contributed by atoms with Crippen molar-refractivity contribution < 1.29 is 4.79 Å². The van der Waals surface area contributed by atoms with Crippen LogP contribution in [0.3, 0.4) is 0 Å². The van der Waals surface area contributed by atoms with E-state index in [1.54, 1.807) is 0 Å². The number of aryl methyl sites for hydroxylation is 2. The van der Waals surface area contributed by atoms with Gasteiger partial charge in [0.15, 0.2) is 0 Å². The molecule has 2 fully saturated rings. The van der Waals surface area contributed by atoms with E-state index in [1.807, 2.05) is 6.07 Å². The largest absolute Gasteiger partial charge is 0.324 e. The van der Waals surface area contributed by atoms with Crippen molar-refractivity contribution in [1.82, 2.24) is 14.7 Å². The summed E-state index contributed by atoms with van der Waals surface area (Å²) < 4.78 is 0. The lowest BCUT2D eigenvalue weighted by atomic mass is 9.83. The molecule has 156 valence electrons. The summed E-state index contributed by atoms with van der Waals surface area (Å²) in [6.07, 6.45) is 4.31. The molecule has 1 N–H and O–H groups in total. The molecular weight excluding hydrogens is 348 g/mol. The number of hydrogen-bond donors (Lipinski definition) is 1. The van der Waals surface area contributed by atoms with E-state index < -0.39 is 5.54 Å². The van der Waals surface area contributed by atoms with Crippen molar-refractivity contribution in [2.75, 3.05) is 52.1 Å². The standard InChI is InChI=1S/C23H38N4O/c1-6-26-14-10-20(11-15-26)27-16-12-23(13-17-27,25(4)5)22(28)24-21-18(2)8-7-9-19(21)3/h7-9,20H,6,10-17H2,1-5H3,(H,24,28). The van der Waals surface area contributed by atoms with Crippen LogP contribution in [0.15, 0.2) is 18.2 Å². The molecule has 3 rings (SSSR count). The maximum Gasteiger partial charge on any atom is 0.244 e. The highest BCUT2D eigenvalue weighted by molar-refractivity contribution is 5.99. The van der Waals surface area contributed by atoms with Crippen LogP contribution in [-0.2, 0) is 4.79 Å². The molecule has 2 saturated heterocycles. The van der Waals surface area contributed by atoms with Crippen molar-refractivity contribution in [3.05, 3.63) is 29.3 Å². The molecule has 1 aromatic rings. The first-order valence-corrected chi connectivity index (χ1v) is 10.9. The van der Waals surface area contributed by atoms with Crippen molar-refractivity contribution in [2.45, 2.75) is 58.0 Å². The maximum atomic E-state index is 13.4. The molecule has 5 nitrogen and oxygen atoms in total. The second-order valence-corrected chi connectivity index (χ2v) is 8.85. The van der Waals surface area contributed by atoms with Gasteiger partial charge in [-0.15, -0.1) is 0 Å². The zero-order valence-corrected chi connectivity index (χ0v) is 18.4. The Labute approximate surface area is 171 Å². The predicted molar refractivity (Wildman–Crippen MR) is 117 cm³/mol. The summed E-state index contributed by atoms with van der Waals surface area (Å²) >= 11 is 0. The number of hydrogen-bond acceptors (Lipinski definition) is 4. The topological polar surface area (TPSA) is 38.8 Å². The van der Waals surface area contributed by atoms with E-state index in [0.717, 1.165) is 49.3 Å². The molecule has 2 aliphatic heterocycles. The molecule has 0 spiro atoms. The molecule has 0 bridgehead atoms. The quantitative estimate of drug-likeness (QED) is 0.844. The fourth-order valence-corrected chi connectivity index (χ4v) is 4.98. The highest BCUT2D eigenvalue weighted by atomic mass is 16.2. The van der Waals surface area contributed by atoms with Crippen LogP contribution in [0, 0.1) is 13.8 Å². The first-order valence-electron chi connectivity index (χ1n) is 10.9. The number of nitrogens with one attached hydrogen (secondary N) is 1. The third-order valence-corrected chi connectivity index (χ3v) is 7.14. The molecule has 0 radical (unpaired) electrons. The Morgan fingerprint density at radius 2 is 1.68 bits per heavy atom. The van der Waals surface area contributed by atoms with Gasteiger partial charge in [0.1, 0.15) is 5.54 Å². The normalized spacial score (nSPS) is 21.8. The van der Waals surface area contributed by atoms with Crippen LogP contribution in [0.1, 0.15) is 43.7 Å². The van der Waals surface area contributed by atoms with Crippen molar-refractivity contribution in [1.29, 1.82) is 0 Å². The number of likely N-dealkylation sites (tertiary alicyclic amines) is 2. The summed E-state index contributed by atoms with van der Waals surface area (Å²) in [6.45, 7) is 12.0. The minimum Gasteiger partial charge on any atom is -0.324 e. The Balaban J connectivity index is 1.66. The van der Waals surface area contributed by atoms with Gasteiger partial charge in [-0.25, -0.2) is 0 Å². The minimum absolute atomic E-state index is 0.148. The second kappa shape index (κ2) is 8.93. The van der Waals surface area contributed by atoms with E-state index in [4.69, 9.17) is 0 Å². The molecule has 1 amide bonds. The Bertz CT molecular complexity index is 651. The van der Waals surface area contributed by atoms with Crippen molar-refractivity contribution in [3.63, 3.8) is 0 Å². The summed E-state index contributed by atoms with van der Waals surface area (Å²) in [4.78, 5) is 20.8. The van der Waals surface area contributed by atoms with Crippen LogP contribution in [-0.4, -0.2) is 79.0 Å². The van der Waals surface area contributed by atoms with Crippen LogP contribution in [0.25, 0.3) is 0 Å². The monoisotopic (exact) mass is 386 g/mol. The number of carbonyl (C=O) groups excluding carboxylic acids is 1. The summed E-state index contributed by atoms with van der Waals surface area (Å²) in [5.74, 6) is 0.148. The van der Waals surface area contributed by atoms with Crippen LogP contribution < -0.4 is 5.32 Å². The molecule has 1 aromatic carbocycles. The third kappa shape index (κ3) is 4.27. The lowest BCUT2D eigenvalue weighted by Gasteiger charge is -2.48. The van der Waals surface area contributed by atoms with E-state index in [0.29, 0.717) is 6.04 Å². The molecule has 0 saturated carbocycles. The van der Waals surface area contributed by atoms with Gasteiger partial charge in [0.05, 0.1) is 0 Å². The number of benzene rings is 1. The van der Waals surface area contributed by atoms with Crippen molar-refractivity contribution in [2.24, 2.45) is 0 Å². The molecule has 5 heteroatoms. The van der Waals surface area contributed by atoms with Gasteiger partial charge >= 0.3 is 0 Å². The van der Waals surface area contributed by atoms with Crippen LogP contribution in [0.4, 0.5) is 5.69 Å². The van der Waals surface area contributed by atoms with Gasteiger partial charge in [0, 0.05) is 24.8 Å². The number of piperidine rings is 2. The average Bonchev–Trinajstić information content (AvgIpc) is 2.70. The lowest BCUT2D eigenvalue weighted by molar-refractivity contribution is -0.130. The Hall–Kier alpha value is -1.43. The SMILES string of the molecule is CCN1CCC(N2CCC(C(=O)Nc3c(C)cccc3C)(N(C)C)CC2)CC1. The van der Waals surface area contributed by atoms with Gasteiger partial charge in [-0.3, -0.25) is 9.69 Å². The molecule has 2 heterocycles. The van der Waals surface area contributed by atoms with E-state index in [1.165, 1.54) is 25.9 Å². The van der Waals surface area contributed by atoms with Crippen LogP contribution >= 0.6 is 0 Å². The minimum atomic E-state index is -0.421. The van der Waals surface area contributed by atoms with Crippen LogP contribution in [0.5, 0.6) is 0 Å². The molecule has 0 unspecified atom stereocenters. The van der Waals surface area contributed by atoms with Gasteiger partial charge in [-0.1, -0.05) is 25.1 Å². The number of rotatable bonds is 5. The molecule has 2 aliphatic rings. The first-order chi connectivity index (χ1) is 13.4. The first kappa shape index (κ1) is 21.3. The highest BCUT2D eigenvalue weighted by Crippen LogP contribution is 2.32. The van der Waals surface area contributed by atoms with E-state index in [-0.39, 0.29) is 5.91 Å². The summed E-state index contributed by atoms with van der Waals surface area (Å²) in [6, 6.07) is 6.86. The highest BCUT2D eigenvalue weighted by Gasteiger charge is 2.44. The van der Waals surface area contributed by atoms with Gasteiger partial charge < -0.3 is 15.1 Å². The van der Waals surface area contributed by atoms with E-state index in [2.05, 4.69) is 67.0 Å². The van der Waals surface area contributed by atoms with E-state index >= 15 is 0 Å². The predicted octanol–water partition coefficient (Wildman–Crippen LogP) is 3.12.